The van der Waals surface area contributed by atoms with Gasteiger partial charge in [0.15, 0.2) is 17.0 Å². The van der Waals surface area contributed by atoms with Crippen molar-refractivity contribution in [1.29, 1.82) is 0 Å². The number of piperazine rings is 1. The van der Waals surface area contributed by atoms with E-state index in [0.29, 0.717) is 17.7 Å². The quantitative estimate of drug-likeness (QED) is 0.779. The van der Waals surface area contributed by atoms with E-state index in [-0.39, 0.29) is 0 Å². The van der Waals surface area contributed by atoms with Gasteiger partial charge in [-0.1, -0.05) is 30.3 Å². The number of nitrogens with zero attached hydrogens (tertiary/aromatic N) is 6. The van der Waals surface area contributed by atoms with Crippen molar-refractivity contribution in [3.63, 3.8) is 0 Å². The fourth-order valence-electron chi connectivity index (χ4n) is 2.90. The normalized spacial score (nSPS) is 15.5. The molecule has 4 rings (SSSR count). The summed E-state index contributed by atoms with van der Waals surface area (Å²) < 4.78 is 0. The largest absolute Gasteiger partial charge is 0.364 e. The maximum absolute atomic E-state index is 4.75. The predicted octanol–water partition coefficient (Wildman–Crippen LogP) is 1.78. The van der Waals surface area contributed by atoms with Crippen molar-refractivity contribution in [2.75, 3.05) is 43.4 Å². The van der Waals surface area contributed by atoms with E-state index in [4.69, 9.17) is 4.98 Å². The summed E-state index contributed by atoms with van der Waals surface area (Å²) in [5.74, 6) is 1.45. The molecular formula is C18H21N7. The average molecular weight is 335 g/mol. The Balaban J connectivity index is 1.64. The molecule has 7 nitrogen and oxygen atoms in total. The van der Waals surface area contributed by atoms with Crippen LogP contribution in [0.5, 0.6) is 0 Å². The van der Waals surface area contributed by atoms with Gasteiger partial charge in [-0.3, -0.25) is 0 Å². The molecule has 3 aromatic rings. The number of hydrogen-bond donors (Lipinski definition) is 1. The summed E-state index contributed by atoms with van der Waals surface area (Å²) in [7, 11) is 2.14. The lowest BCUT2D eigenvalue weighted by Gasteiger charge is -2.32. The van der Waals surface area contributed by atoms with Crippen LogP contribution in [0, 0.1) is 0 Å². The molecule has 2 aromatic heterocycles. The van der Waals surface area contributed by atoms with Gasteiger partial charge in [-0.15, -0.1) is 0 Å². The van der Waals surface area contributed by atoms with Crippen molar-refractivity contribution in [3.8, 4) is 0 Å². The van der Waals surface area contributed by atoms with Crippen LogP contribution >= 0.6 is 0 Å². The van der Waals surface area contributed by atoms with E-state index in [1.54, 1.807) is 12.4 Å². The van der Waals surface area contributed by atoms with Gasteiger partial charge in [-0.25, -0.2) is 9.97 Å². The van der Waals surface area contributed by atoms with Crippen molar-refractivity contribution >= 4 is 22.9 Å². The first-order valence-electron chi connectivity index (χ1n) is 8.49. The molecule has 0 unspecified atom stereocenters. The van der Waals surface area contributed by atoms with Crippen molar-refractivity contribution in [1.82, 2.24) is 24.8 Å². The van der Waals surface area contributed by atoms with Gasteiger partial charge in [-0.05, 0) is 12.6 Å². The molecule has 128 valence electrons. The molecule has 0 saturated carbocycles. The number of aromatic nitrogens is 4. The van der Waals surface area contributed by atoms with Gasteiger partial charge in [0.05, 0.1) is 0 Å². The van der Waals surface area contributed by atoms with Crippen LogP contribution in [0.25, 0.3) is 11.2 Å². The Morgan fingerprint density at radius 2 is 1.72 bits per heavy atom. The second kappa shape index (κ2) is 6.98. The van der Waals surface area contributed by atoms with Gasteiger partial charge in [0.1, 0.15) is 0 Å². The third-order valence-corrected chi connectivity index (χ3v) is 4.41. The lowest BCUT2D eigenvalue weighted by Crippen LogP contribution is -2.45. The number of fused-ring (bicyclic) bond motifs is 1. The van der Waals surface area contributed by atoms with Gasteiger partial charge in [0, 0.05) is 45.1 Å². The number of benzene rings is 1. The highest BCUT2D eigenvalue weighted by Crippen LogP contribution is 2.21. The SMILES string of the molecule is CN1CCN(c2nc(NCc3ccccc3)c3nccnc3n2)CC1. The summed E-state index contributed by atoms with van der Waals surface area (Å²) in [5, 5.41) is 3.40. The van der Waals surface area contributed by atoms with E-state index in [9.17, 15) is 0 Å². The molecule has 1 aromatic carbocycles. The van der Waals surface area contributed by atoms with E-state index >= 15 is 0 Å². The second-order valence-electron chi connectivity index (χ2n) is 6.23. The summed E-state index contributed by atoms with van der Waals surface area (Å²) in [5.41, 5.74) is 2.53. The van der Waals surface area contributed by atoms with Crippen LogP contribution in [0.15, 0.2) is 42.7 Å². The molecule has 7 heteroatoms. The maximum Gasteiger partial charge on any atom is 0.229 e. The first-order valence-corrected chi connectivity index (χ1v) is 8.49. The van der Waals surface area contributed by atoms with Crippen LogP contribution in [0.2, 0.25) is 0 Å². The first kappa shape index (κ1) is 15.7. The molecular weight excluding hydrogens is 314 g/mol. The minimum absolute atomic E-state index is 0.627. The Labute approximate surface area is 146 Å². The van der Waals surface area contributed by atoms with Gasteiger partial charge >= 0.3 is 0 Å². The van der Waals surface area contributed by atoms with Crippen molar-refractivity contribution in [2.45, 2.75) is 6.54 Å². The zero-order valence-corrected chi connectivity index (χ0v) is 14.3. The molecule has 1 fully saturated rings. The van der Waals surface area contributed by atoms with Crippen LogP contribution in [0.4, 0.5) is 11.8 Å². The fourth-order valence-corrected chi connectivity index (χ4v) is 2.90. The molecule has 1 N–H and O–H groups in total. The third kappa shape index (κ3) is 3.51. The summed E-state index contributed by atoms with van der Waals surface area (Å²) in [4.78, 5) is 22.7. The van der Waals surface area contributed by atoms with E-state index in [2.05, 4.69) is 49.2 Å². The Morgan fingerprint density at radius 3 is 2.52 bits per heavy atom. The number of hydrogen-bond acceptors (Lipinski definition) is 7. The number of likely N-dealkylation sites (N-methyl/N-ethyl adjacent to an activating group) is 1. The highest BCUT2D eigenvalue weighted by atomic mass is 15.3. The van der Waals surface area contributed by atoms with E-state index in [1.165, 1.54) is 5.56 Å². The van der Waals surface area contributed by atoms with E-state index in [0.717, 1.165) is 37.9 Å². The van der Waals surface area contributed by atoms with Gasteiger partial charge in [-0.2, -0.15) is 9.97 Å². The first-order chi connectivity index (χ1) is 12.3. The minimum Gasteiger partial charge on any atom is -0.364 e. The molecule has 0 bridgehead atoms. The molecule has 0 amide bonds. The maximum atomic E-state index is 4.75. The number of nitrogens with one attached hydrogen (secondary N) is 1. The lowest BCUT2D eigenvalue weighted by molar-refractivity contribution is 0.311. The smallest absolute Gasteiger partial charge is 0.229 e. The molecule has 0 radical (unpaired) electrons. The summed E-state index contributed by atoms with van der Waals surface area (Å²) in [6.45, 7) is 4.54. The molecule has 1 aliphatic heterocycles. The molecule has 0 atom stereocenters. The molecule has 0 spiro atoms. The van der Waals surface area contributed by atoms with Crippen LogP contribution < -0.4 is 10.2 Å². The average Bonchev–Trinajstić information content (AvgIpc) is 2.67. The summed E-state index contributed by atoms with van der Waals surface area (Å²) in [6.07, 6.45) is 3.35. The van der Waals surface area contributed by atoms with Gasteiger partial charge in [0.25, 0.3) is 0 Å². The molecule has 25 heavy (non-hydrogen) atoms. The van der Waals surface area contributed by atoms with Crippen LogP contribution in [-0.4, -0.2) is 58.1 Å². The topological polar surface area (TPSA) is 70.1 Å². The summed E-state index contributed by atoms with van der Waals surface area (Å²) >= 11 is 0. The summed E-state index contributed by atoms with van der Waals surface area (Å²) in [6, 6.07) is 10.3. The molecule has 1 saturated heterocycles. The highest BCUT2D eigenvalue weighted by Gasteiger charge is 2.19. The van der Waals surface area contributed by atoms with Gasteiger partial charge in [0.2, 0.25) is 5.95 Å². The van der Waals surface area contributed by atoms with Crippen molar-refractivity contribution in [2.24, 2.45) is 0 Å². The van der Waals surface area contributed by atoms with Crippen molar-refractivity contribution in [3.05, 3.63) is 48.3 Å². The monoisotopic (exact) mass is 335 g/mol. The van der Waals surface area contributed by atoms with Crippen molar-refractivity contribution < 1.29 is 0 Å². The number of anilines is 2. The van der Waals surface area contributed by atoms with Crippen LogP contribution in [-0.2, 0) is 6.54 Å². The Hall–Kier alpha value is -2.80. The van der Waals surface area contributed by atoms with E-state index in [1.807, 2.05) is 18.2 Å². The third-order valence-electron chi connectivity index (χ3n) is 4.41. The highest BCUT2D eigenvalue weighted by molar-refractivity contribution is 5.83. The molecule has 0 aliphatic carbocycles. The standard InChI is InChI=1S/C18H21N7/c1-24-9-11-25(12-10-24)18-22-16-15(19-7-8-20-16)17(23-18)21-13-14-5-3-2-4-6-14/h2-8H,9-13H2,1H3,(H,20,21,22,23). The Morgan fingerprint density at radius 1 is 0.960 bits per heavy atom. The van der Waals surface area contributed by atoms with E-state index < -0.39 is 0 Å². The minimum atomic E-state index is 0.627. The predicted molar refractivity (Wildman–Crippen MR) is 98.6 cm³/mol. The molecule has 3 heterocycles. The number of rotatable bonds is 4. The lowest BCUT2D eigenvalue weighted by atomic mass is 10.2. The van der Waals surface area contributed by atoms with Crippen LogP contribution in [0.3, 0.4) is 0 Å². The second-order valence-corrected chi connectivity index (χ2v) is 6.23. The molecule has 1 aliphatic rings. The van der Waals surface area contributed by atoms with Gasteiger partial charge < -0.3 is 15.1 Å². The Kier molecular flexibility index (Phi) is 4.39. The zero-order valence-electron chi connectivity index (χ0n) is 14.3. The Bertz CT molecular complexity index is 844. The zero-order chi connectivity index (χ0) is 17.1. The van der Waals surface area contributed by atoms with Crippen LogP contribution in [0.1, 0.15) is 5.56 Å². The fraction of sp³-hybridized carbons (Fsp3) is 0.333.